The van der Waals surface area contributed by atoms with E-state index in [1.165, 1.54) is 0 Å². The van der Waals surface area contributed by atoms with Crippen molar-refractivity contribution >= 4 is 15.7 Å². The van der Waals surface area contributed by atoms with Gasteiger partial charge in [0.15, 0.2) is 0 Å². The van der Waals surface area contributed by atoms with E-state index < -0.39 is 15.7 Å². The van der Waals surface area contributed by atoms with E-state index in [1.807, 2.05) is 27.2 Å². The van der Waals surface area contributed by atoms with E-state index in [4.69, 9.17) is 8.85 Å². The summed E-state index contributed by atoms with van der Waals surface area (Å²) in [6, 6.07) is 0.832. The van der Waals surface area contributed by atoms with Gasteiger partial charge in [0.1, 0.15) is 0 Å². The van der Waals surface area contributed by atoms with Crippen LogP contribution < -0.4 is 0 Å². The van der Waals surface area contributed by atoms with Gasteiger partial charge in [0.05, 0.1) is 7.14 Å². The van der Waals surface area contributed by atoms with Gasteiger partial charge in [-0.3, -0.25) is 0 Å². The molecule has 0 spiro atoms. The number of rotatable bonds is 7. The first-order valence-corrected chi connectivity index (χ1v) is 10.5. The van der Waals surface area contributed by atoms with Gasteiger partial charge in [-0.15, -0.1) is 0 Å². The molecule has 0 saturated carbocycles. The quantitative estimate of drug-likeness (QED) is 0.505. The summed E-state index contributed by atoms with van der Waals surface area (Å²) in [5.41, 5.74) is 0. The summed E-state index contributed by atoms with van der Waals surface area (Å²) in [6.07, 6.45) is 0.732. The molecule has 86 valence electrons. The maximum Gasteiger partial charge on any atom is 0.335 e. The number of hydrogen-bond donors (Lipinski definition) is 0. The Morgan fingerprint density at radius 1 is 1.14 bits per heavy atom. The lowest BCUT2D eigenvalue weighted by Gasteiger charge is -2.26. The Morgan fingerprint density at radius 3 is 1.86 bits per heavy atom. The molecule has 0 amide bonds. The monoisotopic (exact) mass is 238 g/mol. The molecule has 0 rings (SSSR count). The van der Waals surface area contributed by atoms with Gasteiger partial charge in [-0.1, -0.05) is 0 Å². The van der Waals surface area contributed by atoms with Gasteiger partial charge in [-0.25, -0.2) is 0 Å². The maximum atomic E-state index is 11.6. The second-order valence-corrected chi connectivity index (χ2v) is 11.0. The first-order valence-electron chi connectivity index (χ1n) is 5.15. The third-order valence-electron chi connectivity index (χ3n) is 2.00. The molecular formula is C9H23O3PSi. The van der Waals surface area contributed by atoms with Crippen LogP contribution in [0.2, 0.25) is 12.6 Å². The summed E-state index contributed by atoms with van der Waals surface area (Å²) in [6.45, 7) is 11.0. The molecule has 0 aromatic carbocycles. The molecule has 0 bridgehead atoms. The van der Waals surface area contributed by atoms with Gasteiger partial charge in [0.2, 0.25) is 0 Å². The molecule has 3 nitrogen and oxygen atoms in total. The van der Waals surface area contributed by atoms with E-state index in [-0.39, 0.29) is 0 Å². The van der Waals surface area contributed by atoms with Crippen molar-refractivity contribution < 1.29 is 13.4 Å². The Hall–Kier alpha value is 0.367. The minimum atomic E-state index is -2.03. The molecule has 0 aromatic rings. The molecular weight excluding hydrogens is 215 g/mol. The molecule has 0 unspecified atom stereocenters. The van der Waals surface area contributed by atoms with Crippen molar-refractivity contribution in [3.63, 3.8) is 0 Å². The third-order valence-corrected chi connectivity index (χ3v) is 6.68. The average Bonchev–Trinajstić information content (AvgIpc) is 2.01. The molecule has 0 saturated heterocycles. The zero-order chi connectivity index (χ0) is 11.2. The molecule has 14 heavy (non-hydrogen) atoms. The minimum Gasteiger partial charge on any atom is -0.395 e. The van der Waals surface area contributed by atoms with Crippen LogP contribution in [0.1, 0.15) is 13.8 Å². The van der Waals surface area contributed by atoms with Gasteiger partial charge in [-0.05, 0) is 39.8 Å². The second kappa shape index (κ2) is 6.06. The van der Waals surface area contributed by atoms with Crippen molar-refractivity contribution in [1.29, 1.82) is 0 Å². The zero-order valence-corrected chi connectivity index (χ0v) is 11.9. The van der Waals surface area contributed by atoms with Crippen LogP contribution >= 0.6 is 7.14 Å². The van der Waals surface area contributed by atoms with Crippen LogP contribution in [0.25, 0.3) is 0 Å². The minimum absolute atomic E-state index is 0.681. The fraction of sp³-hybridized carbons (Fsp3) is 1.00. The van der Waals surface area contributed by atoms with Crippen LogP contribution in [-0.2, 0) is 13.4 Å². The van der Waals surface area contributed by atoms with Crippen molar-refractivity contribution in [3.05, 3.63) is 0 Å². The molecule has 0 aromatic heterocycles. The lowest BCUT2D eigenvalue weighted by molar-refractivity contribution is 0.190. The summed E-state index contributed by atoms with van der Waals surface area (Å²) in [5, 5.41) is 0. The van der Waals surface area contributed by atoms with Crippen LogP contribution in [0.3, 0.4) is 0 Å². The maximum absolute atomic E-state index is 11.6. The molecule has 0 heterocycles. The lowest BCUT2D eigenvalue weighted by atomic mass is 10.9. The van der Waals surface area contributed by atoms with Gasteiger partial charge in [-0.2, -0.15) is 0 Å². The fourth-order valence-electron chi connectivity index (χ4n) is 1.27. The Balaban J connectivity index is 4.15. The van der Waals surface area contributed by atoms with Crippen LogP contribution in [0.5, 0.6) is 0 Å². The van der Waals surface area contributed by atoms with Crippen molar-refractivity contribution in [3.8, 4) is 0 Å². The standard InChI is InChI=1S/C9H23O3PSi/c1-6-11-14(5,12-7-2)9-8-13(3,4)10/h6-9H2,1-5H3. The molecule has 0 radical (unpaired) electrons. The first kappa shape index (κ1) is 14.4. The van der Waals surface area contributed by atoms with Crippen LogP contribution in [0.4, 0.5) is 0 Å². The van der Waals surface area contributed by atoms with Crippen molar-refractivity contribution in [2.75, 3.05) is 32.7 Å². The van der Waals surface area contributed by atoms with E-state index in [2.05, 4.69) is 6.55 Å². The topological polar surface area (TPSA) is 35.5 Å². The van der Waals surface area contributed by atoms with Gasteiger partial charge < -0.3 is 13.4 Å². The molecule has 0 aliphatic carbocycles. The van der Waals surface area contributed by atoms with Crippen molar-refractivity contribution in [2.45, 2.75) is 26.4 Å². The molecule has 0 aliphatic heterocycles. The highest BCUT2D eigenvalue weighted by Crippen LogP contribution is 2.38. The number of hydrogen-bond acceptors (Lipinski definition) is 3. The summed E-state index contributed by atoms with van der Waals surface area (Å²) >= 11 is 0. The first-order chi connectivity index (χ1) is 6.33. The zero-order valence-electron chi connectivity index (χ0n) is 10.0. The van der Waals surface area contributed by atoms with E-state index >= 15 is 0 Å². The van der Waals surface area contributed by atoms with E-state index in [9.17, 15) is 4.57 Å². The Kier molecular flexibility index (Phi) is 6.22. The summed E-state index contributed by atoms with van der Waals surface area (Å²) < 4.78 is 22.9. The summed E-state index contributed by atoms with van der Waals surface area (Å²) in [5.74, 6) is 0. The predicted octanol–water partition coefficient (Wildman–Crippen LogP) is 2.75. The van der Waals surface area contributed by atoms with E-state index in [0.29, 0.717) is 13.2 Å². The largest absolute Gasteiger partial charge is 0.395 e. The highest BCUT2D eigenvalue weighted by Gasteiger charge is 2.31. The molecule has 0 N–H and O–H groups in total. The molecule has 0 aliphatic rings. The van der Waals surface area contributed by atoms with Gasteiger partial charge in [0, 0.05) is 19.4 Å². The molecule has 0 atom stereocenters. The van der Waals surface area contributed by atoms with E-state index in [1.54, 1.807) is 0 Å². The van der Waals surface area contributed by atoms with Crippen LogP contribution in [-0.4, -0.2) is 41.3 Å². The highest BCUT2D eigenvalue weighted by molar-refractivity contribution is 7.62. The Morgan fingerprint density at radius 2 is 1.57 bits per heavy atom. The van der Waals surface area contributed by atoms with E-state index in [0.717, 1.165) is 12.2 Å². The second-order valence-electron chi connectivity index (χ2n) is 4.05. The Labute approximate surface area is 88.8 Å². The SMILES string of the molecule is CCO[Si](C)(CCP(C)(C)=O)OCC. The van der Waals surface area contributed by atoms with Crippen LogP contribution in [0, 0.1) is 0 Å². The lowest BCUT2D eigenvalue weighted by Crippen LogP contribution is -2.39. The predicted molar refractivity (Wildman–Crippen MR) is 64.0 cm³/mol. The van der Waals surface area contributed by atoms with Crippen molar-refractivity contribution in [2.24, 2.45) is 0 Å². The third kappa shape index (κ3) is 6.77. The van der Waals surface area contributed by atoms with Crippen LogP contribution in [0.15, 0.2) is 0 Å². The summed E-state index contributed by atoms with van der Waals surface area (Å²) in [7, 11) is -3.97. The average molecular weight is 238 g/mol. The van der Waals surface area contributed by atoms with Gasteiger partial charge >= 0.3 is 8.56 Å². The Bertz CT molecular complexity index is 196. The smallest absolute Gasteiger partial charge is 0.335 e. The fourth-order valence-corrected chi connectivity index (χ4v) is 6.64. The summed E-state index contributed by atoms with van der Waals surface area (Å²) in [4.78, 5) is 0. The van der Waals surface area contributed by atoms with Gasteiger partial charge in [0.25, 0.3) is 0 Å². The normalized spacial score (nSPS) is 13.2. The molecule has 0 fully saturated rings. The highest BCUT2D eigenvalue weighted by atomic mass is 31.2. The molecule has 5 heteroatoms. The van der Waals surface area contributed by atoms with Crippen molar-refractivity contribution in [1.82, 2.24) is 0 Å².